The Labute approximate surface area is 213 Å². The van der Waals surface area contributed by atoms with E-state index >= 15 is 0 Å². The van der Waals surface area contributed by atoms with Gasteiger partial charge in [0.15, 0.2) is 11.5 Å². The Morgan fingerprint density at radius 1 is 0.972 bits per heavy atom. The molecule has 4 aromatic rings. The third-order valence-electron chi connectivity index (χ3n) is 5.54. The van der Waals surface area contributed by atoms with Crippen LogP contribution in [0.3, 0.4) is 0 Å². The monoisotopic (exact) mass is 496 g/mol. The summed E-state index contributed by atoms with van der Waals surface area (Å²) in [7, 11) is 1.44. The number of halogens is 1. The zero-order valence-electron chi connectivity index (χ0n) is 19.5. The molecule has 1 amide bonds. The number of amides is 1. The largest absolute Gasteiger partial charge is 0.493 e. The summed E-state index contributed by atoms with van der Waals surface area (Å²) in [5, 5.41) is 14.3. The molecule has 0 heterocycles. The molecule has 0 bridgehead atoms. The Morgan fingerprint density at radius 2 is 1.72 bits per heavy atom. The van der Waals surface area contributed by atoms with Crippen molar-refractivity contribution in [2.75, 3.05) is 12.4 Å². The number of hydrogen-bond donors (Lipinski definition) is 1. The normalized spacial score (nSPS) is 11.0. The van der Waals surface area contributed by atoms with Gasteiger partial charge < -0.3 is 14.8 Å². The molecular weight excluding hydrogens is 476 g/mol. The van der Waals surface area contributed by atoms with E-state index in [2.05, 4.69) is 5.32 Å². The van der Waals surface area contributed by atoms with E-state index in [0.29, 0.717) is 21.8 Å². The van der Waals surface area contributed by atoms with Crippen LogP contribution in [0.2, 0.25) is 5.02 Å². The molecule has 178 valence electrons. The number of methoxy groups -OCH3 is 1. The minimum absolute atomic E-state index is 0.128. The molecule has 0 saturated carbocycles. The van der Waals surface area contributed by atoms with Gasteiger partial charge in [-0.2, -0.15) is 5.26 Å². The highest BCUT2D eigenvalue weighted by Gasteiger charge is 2.17. The van der Waals surface area contributed by atoms with Gasteiger partial charge in [0.2, 0.25) is 0 Å². The second-order valence-electron chi connectivity index (χ2n) is 7.88. The number of carbonyl (C=O) groups excluding carboxylic acids is 2. The third-order valence-corrected chi connectivity index (χ3v) is 5.85. The summed E-state index contributed by atoms with van der Waals surface area (Å²) in [6.45, 7) is 1.81. The molecule has 0 aliphatic heterocycles. The Balaban J connectivity index is 1.58. The minimum atomic E-state index is -0.598. The molecule has 4 rings (SSSR count). The molecule has 7 heteroatoms. The summed E-state index contributed by atoms with van der Waals surface area (Å²) < 4.78 is 11.0. The van der Waals surface area contributed by atoms with E-state index in [1.807, 2.05) is 36.4 Å². The highest BCUT2D eigenvalue weighted by Crippen LogP contribution is 2.31. The lowest BCUT2D eigenvalue weighted by atomic mass is 10.0. The lowest BCUT2D eigenvalue weighted by molar-refractivity contribution is -0.112. The Kier molecular flexibility index (Phi) is 7.33. The van der Waals surface area contributed by atoms with Crippen LogP contribution in [0.5, 0.6) is 11.5 Å². The number of para-hydroxylation sites is 1. The highest BCUT2D eigenvalue weighted by molar-refractivity contribution is 6.34. The number of aryl methyl sites for hydroxylation is 1. The van der Waals surface area contributed by atoms with Crippen molar-refractivity contribution in [3.8, 4) is 17.6 Å². The van der Waals surface area contributed by atoms with Crippen LogP contribution in [0.1, 0.15) is 21.5 Å². The Bertz CT molecular complexity index is 1530. The number of nitrogens with zero attached hydrogens (tertiary/aromatic N) is 1. The van der Waals surface area contributed by atoms with Gasteiger partial charge in [-0.05, 0) is 59.2 Å². The molecule has 0 aromatic heterocycles. The molecule has 0 aliphatic rings. The molecule has 0 radical (unpaired) electrons. The van der Waals surface area contributed by atoms with Crippen molar-refractivity contribution < 1.29 is 19.1 Å². The molecule has 36 heavy (non-hydrogen) atoms. The van der Waals surface area contributed by atoms with Crippen molar-refractivity contribution in [3.63, 3.8) is 0 Å². The number of rotatable bonds is 6. The van der Waals surface area contributed by atoms with Gasteiger partial charge in [-0.15, -0.1) is 0 Å². The highest BCUT2D eigenvalue weighted by atomic mass is 35.5. The van der Waals surface area contributed by atoms with Gasteiger partial charge >= 0.3 is 5.97 Å². The number of hydrogen-bond acceptors (Lipinski definition) is 5. The average Bonchev–Trinajstić information content (AvgIpc) is 2.89. The quantitative estimate of drug-likeness (QED) is 0.141. The average molecular weight is 497 g/mol. The standard InChI is InChI=1S/C29H21ClN2O4/c1-18-7-5-12-24(30)27(18)32-28(33)21(17-31)15-19-13-14-25(26(16-19)35-2)36-29(34)23-11-6-9-20-8-3-4-10-22(20)23/h3-16H,1-2H3,(H,32,33)/b21-15+. The van der Waals surface area contributed by atoms with Crippen LogP contribution in [0.25, 0.3) is 16.8 Å². The summed E-state index contributed by atoms with van der Waals surface area (Å²) in [6.07, 6.45) is 1.42. The first-order valence-electron chi connectivity index (χ1n) is 11.0. The van der Waals surface area contributed by atoms with Gasteiger partial charge in [0.1, 0.15) is 11.6 Å². The van der Waals surface area contributed by atoms with Crippen LogP contribution in [-0.2, 0) is 4.79 Å². The van der Waals surface area contributed by atoms with E-state index in [1.165, 1.54) is 13.2 Å². The first-order valence-corrected chi connectivity index (χ1v) is 11.4. The molecule has 0 saturated heterocycles. The summed E-state index contributed by atoms with van der Waals surface area (Å²) in [4.78, 5) is 25.6. The van der Waals surface area contributed by atoms with Gasteiger partial charge in [-0.3, -0.25) is 4.79 Å². The molecule has 0 spiro atoms. The van der Waals surface area contributed by atoms with Crippen LogP contribution in [-0.4, -0.2) is 19.0 Å². The first-order chi connectivity index (χ1) is 17.4. The molecule has 6 nitrogen and oxygen atoms in total. The fraction of sp³-hybridized carbons (Fsp3) is 0.0690. The second-order valence-corrected chi connectivity index (χ2v) is 8.29. The van der Waals surface area contributed by atoms with Gasteiger partial charge in [0.05, 0.1) is 23.4 Å². The van der Waals surface area contributed by atoms with Gasteiger partial charge in [0, 0.05) is 0 Å². The zero-order valence-corrected chi connectivity index (χ0v) is 20.3. The van der Waals surface area contributed by atoms with Crippen molar-refractivity contribution in [1.29, 1.82) is 5.26 Å². The number of benzene rings is 4. The lowest BCUT2D eigenvalue weighted by Crippen LogP contribution is -2.14. The number of ether oxygens (including phenoxy) is 2. The molecular formula is C29H21ClN2O4. The van der Waals surface area contributed by atoms with E-state index in [1.54, 1.807) is 55.5 Å². The van der Waals surface area contributed by atoms with Gasteiger partial charge in [0.25, 0.3) is 5.91 Å². The summed E-state index contributed by atoms with van der Waals surface area (Å²) in [5.74, 6) is -0.640. The summed E-state index contributed by atoms with van der Waals surface area (Å²) >= 11 is 6.18. The maximum Gasteiger partial charge on any atom is 0.344 e. The SMILES string of the molecule is COc1cc(/C=C(\C#N)C(=O)Nc2c(C)cccc2Cl)ccc1OC(=O)c1cccc2ccccc12. The predicted molar refractivity (Wildman–Crippen MR) is 140 cm³/mol. The fourth-order valence-electron chi connectivity index (χ4n) is 3.70. The smallest absolute Gasteiger partial charge is 0.344 e. The van der Waals surface area contributed by atoms with Crippen LogP contribution >= 0.6 is 11.6 Å². The van der Waals surface area contributed by atoms with Crippen LogP contribution < -0.4 is 14.8 Å². The van der Waals surface area contributed by atoms with Crippen molar-refractivity contribution in [3.05, 3.63) is 106 Å². The van der Waals surface area contributed by atoms with Crippen LogP contribution in [0.15, 0.2) is 84.4 Å². The fourth-order valence-corrected chi connectivity index (χ4v) is 3.97. The van der Waals surface area contributed by atoms with Crippen molar-refractivity contribution in [2.45, 2.75) is 6.92 Å². The van der Waals surface area contributed by atoms with Gasteiger partial charge in [-0.1, -0.05) is 66.2 Å². The van der Waals surface area contributed by atoms with E-state index in [-0.39, 0.29) is 17.1 Å². The number of nitrogens with one attached hydrogen (secondary N) is 1. The topological polar surface area (TPSA) is 88.4 Å². The molecule has 0 unspecified atom stereocenters. The Morgan fingerprint density at radius 3 is 2.47 bits per heavy atom. The Hall–Kier alpha value is -4.60. The van der Waals surface area contributed by atoms with E-state index in [9.17, 15) is 14.9 Å². The maximum atomic E-state index is 12.9. The van der Waals surface area contributed by atoms with Crippen LogP contribution in [0, 0.1) is 18.3 Å². The van der Waals surface area contributed by atoms with E-state index in [4.69, 9.17) is 21.1 Å². The molecule has 0 fully saturated rings. The molecule has 0 aliphatic carbocycles. The number of carbonyl (C=O) groups is 2. The number of fused-ring (bicyclic) bond motifs is 1. The lowest BCUT2D eigenvalue weighted by Gasteiger charge is -2.12. The predicted octanol–water partition coefficient (Wildman–Crippen LogP) is 6.58. The molecule has 4 aromatic carbocycles. The second kappa shape index (κ2) is 10.8. The third kappa shape index (κ3) is 5.22. The van der Waals surface area contributed by atoms with Crippen LogP contribution in [0.4, 0.5) is 5.69 Å². The number of anilines is 1. The van der Waals surface area contributed by atoms with E-state index < -0.39 is 11.9 Å². The van der Waals surface area contributed by atoms with Crippen molar-refractivity contribution in [2.24, 2.45) is 0 Å². The molecule has 1 N–H and O–H groups in total. The first kappa shape index (κ1) is 24.5. The van der Waals surface area contributed by atoms with Crippen molar-refractivity contribution >= 4 is 46.0 Å². The van der Waals surface area contributed by atoms with Crippen molar-refractivity contribution in [1.82, 2.24) is 0 Å². The summed E-state index contributed by atoms with van der Waals surface area (Å²) in [5.41, 5.74) is 2.03. The number of esters is 1. The van der Waals surface area contributed by atoms with E-state index in [0.717, 1.165) is 16.3 Å². The minimum Gasteiger partial charge on any atom is -0.493 e. The zero-order chi connectivity index (χ0) is 25.7. The number of nitriles is 1. The maximum absolute atomic E-state index is 12.9. The summed E-state index contributed by atoms with van der Waals surface area (Å²) in [6, 6.07) is 24.9. The van der Waals surface area contributed by atoms with Gasteiger partial charge in [-0.25, -0.2) is 4.79 Å². The molecule has 0 atom stereocenters.